The van der Waals surface area contributed by atoms with Gasteiger partial charge >= 0.3 is 0 Å². The van der Waals surface area contributed by atoms with Crippen LogP contribution in [-0.4, -0.2) is 36.1 Å². The fraction of sp³-hybridized carbons (Fsp3) is 1.00. The lowest BCUT2D eigenvalue weighted by atomic mass is 9.97. The van der Waals surface area contributed by atoms with E-state index in [0.717, 1.165) is 30.1 Å². The molecule has 0 amide bonds. The molecule has 16 heavy (non-hydrogen) atoms. The van der Waals surface area contributed by atoms with Gasteiger partial charge in [0.15, 0.2) is 0 Å². The van der Waals surface area contributed by atoms with Crippen molar-refractivity contribution in [1.29, 1.82) is 0 Å². The topological polar surface area (TPSA) is 15.3 Å². The van der Waals surface area contributed by atoms with Gasteiger partial charge in [0.25, 0.3) is 0 Å². The first-order valence-electron chi connectivity index (χ1n) is 7.20. The smallest absolute Gasteiger partial charge is 0.0125 e. The van der Waals surface area contributed by atoms with Crippen LogP contribution < -0.4 is 5.32 Å². The molecule has 92 valence electrons. The molecule has 3 rings (SSSR count). The normalized spacial score (nSPS) is 47.8. The van der Waals surface area contributed by atoms with E-state index in [4.69, 9.17) is 0 Å². The van der Waals surface area contributed by atoms with Crippen molar-refractivity contribution in [2.24, 2.45) is 5.92 Å². The zero-order valence-corrected chi connectivity index (χ0v) is 10.8. The zero-order valence-electron chi connectivity index (χ0n) is 10.8. The van der Waals surface area contributed by atoms with Crippen LogP contribution in [0.5, 0.6) is 0 Å². The lowest BCUT2D eigenvalue weighted by molar-refractivity contribution is 0.124. The van der Waals surface area contributed by atoms with Crippen molar-refractivity contribution in [2.45, 2.75) is 76.0 Å². The highest BCUT2D eigenvalue weighted by atomic mass is 15.2. The molecule has 0 aromatic carbocycles. The van der Waals surface area contributed by atoms with Crippen molar-refractivity contribution in [3.8, 4) is 0 Å². The van der Waals surface area contributed by atoms with E-state index in [1.165, 1.54) is 44.9 Å². The van der Waals surface area contributed by atoms with E-state index >= 15 is 0 Å². The van der Waals surface area contributed by atoms with E-state index in [0.29, 0.717) is 0 Å². The summed E-state index contributed by atoms with van der Waals surface area (Å²) in [5, 5.41) is 3.75. The average Bonchev–Trinajstić information content (AvgIpc) is 2.84. The quantitative estimate of drug-likeness (QED) is 0.772. The Morgan fingerprint density at radius 2 is 1.56 bits per heavy atom. The lowest BCUT2D eigenvalue weighted by Crippen LogP contribution is -2.49. The van der Waals surface area contributed by atoms with Gasteiger partial charge in [-0.2, -0.15) is 0 Å². The first-order valence-corrected chi connectivity index (χ1v) is 7.20. The minimum absolute atomic E-state index is 0.838. The standard InChI is InChI=1S/C14H26N2/c1-10-3-6-13(7-10)16(2)14-8-11-4-5-12(9-14)15-11/h10-15H,3-9H2,1-2H3. The number of hydrogen-bond donors (Lipinski definition) is 1. The van der Waals surface area contributed by atoms with Gasteiger partial charge in [0, 0.05) is 24.2 Å². The van der Waals surface area contributed by atoms with Crippen molar-refractivity contribution in [3.63, 3.8) is 0 Å². The summed E-state index contributed by atoms with van der Waals surface area (Å²) in [6.07, 6.45) is 9.99. The SMILES string of the molecule is CC1CCC(N(C)C2CC3CCC(C2)N3)C1. The van der Waals surface area contributed by atoms with Crippen molar-refractivity contribution in [1.82, 2.24) is 10.2 Å². The second kappa shape index (κ2) is 4.30. The average molecular weight is 222 g/mol. The number of rotatable bonds is 2. The summed E-state index contributed by atoms with van der Waals surface area (Å²) in [6, 6.07) is 3.43. The van der Waals surface area contributed by atoms with Crippen LogP contribution in [0.15, 0.2) is 0 Å². The Morgan fingerprint density at radius 1 is 0.875 bits per heavy atom. The molecule has 3 fully saturated rings. The molecule has 2 bridgehead atoms. The molecule has 0 aromatic heterocycles. The Kier molecular flexibility index (Phi) is 2.97. The van der Waals surface area contributed by atoms with Crippen LogP contribution in [0.25, 0.3) is 0 Å². The highest BCUT2D eigenvalue weighted by Crippen LogP contribution is 2.34. The van der Waals surface area contributed by atoms with E-state index in [1.54, 1.807) is 0 Å². The molecule has 0 spiro atoms. The van der Waals surface area contributed by atoms with E-state index in [1.807, 2.05) is 0 Å². The zero-order chi connectivity index (χ0) is 11.1. The molecule has 2 saturated heterocycles. The van der Waals surface area contributed by atoms with Crippen LogP contribution in [0.3, 0.4) is 0 Å². The summed E-state index contributed by atoms with van der Waals surface area (Å²) >= 11 is 0. The molecule has 0 aromatic rings. The lowest BCUT2D eigenvalue weighted by Gasteiger charge is -2.38. The Morgan fingerprint density at radius 3 is 2.12 bits per heavy atom. The maximum atomic E-state index is 3.75. The maximum Gasteiger partial charge on any atom is 0.0125 e. The van der Waals surface area contributed by atoms with Crippen LogP contribution in [0.2, 0.25) is 0 Å². The van der Waals surface area contributed by atoms with Gasteiger partial charge in [-0.25, -0.2) is 0 Å². The monoisotopic (exact) mass is 222 g/mol. The van der Waals surface area contributed by atoms with Gasteiger partial charge in [0.1, 0.15) is 0 Å². The van der Waals surface area contributed by atoms with Gasteiger partial charge < -0.3 is 10.2 Å². The van der Waals surface area contributed by atoms with Crippen LogP contribution in [0.1, 0.15) is 51.9 Å². The van der Waals surface area contributed by atoms with Gasteiger partial charge in [0.05, 0.1) is 0 Å². The van der Waals surface area contributed by atoms with Crippen molar-refractivity contribution >= 4 is 0 Å². The Labute approximate surface area is 99.8 Å². The van der Waals surface area contributed by atoms with E-state index < -0.39 is 0 Å². The number of fused-ring (bicyclic) bond motifs is 2. The minimum atomic E-state index is 0.838. The molecule has 2 nitrogen and oxygen atoms in total. The molecule has 1 saturated carbocycles. The summed E-state index contributed by atoms with van der Waals surface area (Å²) in [4.78, 5) is 2.73. The molecular formula is C14H26N2. The third kappa shape index (κ3) is 2.02. The van der Waals surface area contributed by atoms with Crippen molar-refractivity contribution in [2.75, 3.05) is 7.05 Å². The molecule has 4 atom stereocenters. The van der Waals surface area contributed by atoms with Crippen LogP contribution in [-0.2, 0) is 0 Å². The van der Waals surface area contributed by atoms with E-state index in [-0.39, 0.29) is 0 Å². The van der Waals surface area contributed by atoms with Gasteiger partial charge in [0.2, 0.25) is 0 Å². The molecule has 1 aliphatic carbocycles. The second-order valence-corrected chi connectivity index (χ2v) is 6.50. The predicted octanol–water partition coefficient (Wildman–Crippen LogP) is 2.39. The number of hydrogen-bond acceptors (Lipinski definition) is 2. The fourth-order valence-electron chi connectivity index (χ4n) is 4.20. The van der Waals surface area contributed by atoms with Crippen LogP contribution in [0, 0.1) is 5.92 Å². The number of nitrogens with zero attached hydrogens (tertiary/aromatic N) is 1. The third-order valence-corrected chi connectivity index (χ3v) is 5.27. The Bertz CT molecular complexity index is 241. The summed E-state index contributed by atoms with van der Waals surface area (Å²) < 4.78 is 0. The van der Waals surface area contributed by atoms with Gasteiger partial charge in [-0.1, -0.05) is 6.92 Å². The van der Waals surface area contributed by atoms with Gasteiger partial charge in [-0.05, 0) is 57.9 Å². The number of piperidine rings is 1. The summed E-state index contributed by atoms with van der Waals surface area (Å²) in [5.74, 6) is 0.964. The van der Waals surface area contributed by atoms with Crippen LogP contribution in [0.4, 0.5) is 0 Å². The Hall–Kier alpha value is -0.0800. The molecule has 2 heteroatoms. The molecule has 2 heterocycles. The summed E-state index contributed by atoms with van der Waals surface area (Å²) in [7, 11) is 2.39. The molecular weight excluding hydrogens is 196 g/mol. The van der Waals surface area contributed by atoms with Crippen molar-refractivity contribution in [3.05, 3.63) is 0 Å². The third-order valence-electron chi connectivity index (χ3n) is 5.27. The van der Waals surface area contributed by atoms with Crippen LogP contribution >= 0.6 is 0 Å². The highest BCUT2D eigenvalue weighted by Gasteiger charge is 2.37. The molecule has 0 radical (unpaired) electrons. The largest absolute Gasteiger partial charge is 0.311 e. The maximum absolute atomic E-state index is 3.75. The summed E-state index contributed by atoms with van der Waals surface area (Å²) in [6.45, 7) is 2.42. The highest BCUT2D eigenvalue weighted by molar-refractivity contribution is 4.96. The van der Waals surface area contributed by atoms with Gasteiger partial charge in [-0.3, -0.25) is 0 Å². The van der Waals surface area contributed by atoms with E-state index in [2.05, 4.69) is 24.2 Å². The molecule has 1 N–H and O–H groups in total. The van der Waals surface area contributed by atoms with Gasteiger partial charge in [-0.15, -0.1) is 0 Å². The molecule has 2 aliphatic heterocycles. The first kappa shape index (κ1) is 11.0. The number of nitrogens with one attached hydrogen (secondary N) is 1. The minimum Gasteiger partial charge on any atom is -0.311 e. The summed E-state index contributed by atoms with van der Waals surface area (Å²) in [5.41, 5.74) is 0. The molecule has 4 unspecified atom stereocenters. The fourth-order valence-corrected chi connectivity index (χ4v) is 4.20. The molecule has 3 aliphatic rings. The van der Waals surface area contributed by atoms with Crippen molar-refractivity contribution < 1.29 is 0 Å². The Balaban J connectivity index is 1.60. The second-order valence-electron chi connectivity index (χ2n) is 6.50. The predicted molar refractivity (Wildman–Crippen MR) is 67.5 cm³/mol. The van der Waals surface area contributed by atoms with E-state index in [9.17, 15) is 0 Å². The first-order chi connectivity index (χ1) is 7.72.